The Morgan fingerprint density at radius 2 is 1.88 bits per heavy atom. The Labute approximate surface area is 53.2 Å². The topological polar surface area (TPSA) is 49.7 Å². The highest BCUT2D eigenvalue weighted by atomic mass is 28.4. The summed E-state index contributed by atoms with van der Waals surface area (Å²) < 4.78 is 4.59. The maximum atomic E-state index is 8.91. The summed E-state index contributed by atoms with van der Waals surface area (Å²) in [6, 6.07) is 0. The molecule has 0 rings (SSSR count). The van der Waals surface area contributed by atoms with E-state index in [0.717, 1.165) is 0 Å². The van der Waals surface area contributed by atoms with Crippen LogP contribution in [0.25, 0.3) is 0 Å². The summed E-state index contributed by atoms with van der Waals surface area (Å²) in [5.74, 6) is 0. The van der Waals surface area contributed by atoms with E-state index in [1.807, 2.05) is 0 Å². The summed E-state index contributed by atoms with van der Waals surface area (Å²) in [5.41, 5.74) is -0.125. The lowest BCUT2D eigenvalue weighted by molar-refractivity contribution is 0.236. The molecule has 0 saturated carbocycles. The minimum Gasteiger partial charge on any atom is -0.424 e. The van der Waals surface area contributed by atoms with Crippen LogP contribution in [-0.4, -0.2) is 28.9 Å². The molecule has 0 aromatic heterocycles. The number of rotatable bonds is 2. The first-order valence-electron chi connectivity index (χ1n) is 2.50. The van der Waals surface area contributed by atoms with Crippen LogP contribution in [0.4, 0.5) is 0 Å². The quantitative estimate of drug-likeness (QED) is 0.479. The third-order valence-corrected chi connectivity index (χ3v) is 4.96. The Kier molecular flexibility index (Phi) is 2.85. The Balaban J connectivity index is 3.71. The van der Waals surface area contributed by atoms with Gasteiger partial charge in [-0.2, -0.15) is 0 Å². The van der Waals surface area contributed by atoms with Crippen LogP contribution in [0.5, 0.6) is 0 Å². The first kappa shape index (κ1) is 8.31. The first-order valence-corrected chi connectivity index (χ1v) is 5.20. The molecule has 0 aromatic rings. The Hall–Kier alpha value is 0.314. The SMILES string of the molecule is CC(C)[Si](O)(O)O[SiH3]. The maximum absolute atomic E-state index is 8.91. The maximum Gasteiger partial charge on any atom is 0.487 e. The van der Waals surface area contributed by atoms with Gasteiger partial charge in [0, 0.05) is 5.54 Å². The van der Waals surface area contributed by atoms with Gasteiger partial charge >= 0.3 is 8.80 Å². The van der Waals surface area contributed by atoms with Crippen molar-refractivity contribution in [2.75, 3.05) is 0 Å². The molecule has 0 bridgehead atoms. The highest BCUT2D eigenvalue weighted by Crippen LogP contribution is 2.13. The lowest BCUT2D eigenvalue weighted by atomic mass is 10.6. The fourth-order valence-corrected chi connectivity index (χ4v) is 2.12. The summed E-state index contributed by atoms with van der Waals surface area (Å²) in [4.78, 5) is 17.8. The van der Waals surface area contributed by atoms with Gasteiger partial charge in [0.05, 0.1) is 0 Å². The largest absolute Gasteiger partial charge is 0.487 e. The van der Waals surface area contributed by atoms with Gasteiger partial charge in [0.15, 0.2) is 0 Å². The van der Waals surface area contributed by atoms with Crippen LogP contribution in [0.3, 0.4) is 0 Å². The van der Waals surface area contributed by atoms with Gasteiger partial charge in [-0.3, -0.25) is 0 Å². The molecule has 0 fully saturated rings. The predicted octanol–water partition coefficient (Wildman–Crippen LogP) is -1.38. The van der Waals surface area contributed by atoms with E-state index in [1.165, 1.54) is 0 Å². The Bertz CT molecular complexity index is 72.9. The van der Waals surface area contributed by atoms with E-state index in [2.05, 4.69) is 4.12 Å². The molecule has 0 heterocycles. The molecule has 8 heavy (non-hydrogen) atoms. The van der Waals surface area contributed by atoms with E-state index < -0.39 is 8.80 Å². The fraction of sp³-hybridized carbons (Fsp3) is 1.00. The number of hydrogen-bond donors (Lipinski definition) is 2. The van der Waals surface area contributed by atoms with Crippen LogP contribution in [0, 0.1) is 0 Å². The lowest BCUT2D eigenvalue weighted by Gasteiger charge is -2.18. The van der Waals surface area contributed by atoms with Gasteiger partial charge in [-0.1, -0.05) is 13.8 Å². The minimum atomic E-state index is -3.19. The average molecular weight is 152 g/mol. The van der Waals surface area contributed by atoms with E-state index in [0.29, 0.717) is 10.5 Å². The van der Waals surface area contributed by atoms with Gasteiger partial charge in [0.1, 0.15) is 10.5 Å². The summed E-state index contributed by atoms with van der Waals surface area (Å²) in [6.45, 7) is 3.48. The lowest BCUT2D eigenvalue weighted by Crippen LogP contribution is -2.41. The molecule has 0 amide bonds. The van der Waals surface area contributed by atoms with Crippen molar-refractivity contribution in [1.29, 1.82) is 0 Å². The van der Waals surface area contributed by atoms with Crippen molar-refractivity contribution < 1.29 is 13.7 Å². The van der Waals surface area contributed by atoms with Crippen molar-refractivity contribution in [3.05, 3.63) is 0 Å². The monoisotopic (exact) mass is 152 g/mol. The molecule has 2 N–H and O–H groups in total. The van der Waals surface area contributed by atoms with E-state index in [9.17, 15) is 0 Å². The highest BCUT2D eigenvalue weighted by molar-refractivity contribution is 6.62. The summed E-state index contributed by atoms with van der Waals surface area (Å²) >= 11 is 0. The van der Waals surface area contributed by atoms with Crippen LogP contribution < -0.4 is 0 Å². The Morgan fingerprint density at radius 1 is 1.50 bits per heavy atom. The van der Waals surface area contributed by atoms with Crippen LogP contribution in [0.15, 0.2) is 0 Å². The molecule has 0 saturated heterocycles. The molecule has 0 atom stereocenters. The van der Waals surface area contributed by atoms with Crippen LogP contribution in [0.1, 0.15) is 13.8 Å². The van der Waals surface area contributed by atoms with Gasteiger partial charge < -0.3 is 13.7 Å². The standard InChI is InChI=1S/C3H12O3Si2/c1-3(2)8(4,5)6-7/h3-5H,1-2,7H3. The number of hydrogen-bond acceptors (Lipinski definition) is 3. The summed E-state index contributed by atoms with van der Waals surface area (Å²) in [6.07, 6.45) is 0. The molecule has 0 radical (unpaired) electrons. The second-order valence-corrected chi connectivity index (χ2v) is 6.12. The molecule has 50 valence electrons. The molecular weight excluding hydrogens is 140 g/mol. The van der Waals surface area contributed by atoms with Crippen molar-refractivity contribution >= 4 is 19.3 Å². The molecular formula is C3H12O3Si2. The van der Waals surface area contributed by atoms with Gasteiger partial charge in [-0.15, -0.1) is 0 Å². The van der Waals surface area contributed by atoms with Crippen molar-refractivity contribution in [2.24, 2.45) is 0 Å². The summed E-state index contributed by atoms with van der Waals surface area (Å²) in [7, 11) is -2.79. The van der Waals surface area contributed by atoms with Crippen molar-refractivity contribution in [1.82, 2.24) is 0 Å². The molecule has 0 spiro atoms. The van der Waals surface area contributed by atoms with Crippen molar-refractivity contribution in [2.45, 2.75) is 19.4 Å². The molecule has 0 aliphatic rings. The molecule has 3 nitrogen and oxygen atoms in total. The average Bonchev–Trinajstić information content (AvgIpc) is 1.67. The Morgan fingerprint density at radius 3 is 1.88 bits per heavy atom. The molecule has 5 heteroatoms. The van der Waals surface area contributed by atoms with Gasteiger partial charge in [-0.05, 0) is 0 Å². The van der Waals surface area contributed by atoms with Crippen LogP contribution >= 0.6 is 0 Å². The zero-order valence-electron chi connectivity index (χ0n) is 5.38. The molecule has 0 aliphatic heterocycles. The van der Waals surface area contributed by atoms with E-state index >= 15 is 0 Å². The van der Waals surface area contributed by atoms with Gasteiger partial charge in [-0.25, -0.2) is 0 Å². The zero-order chi connectivity index (χ0) is 6.78. The second kappa shape index (κ2) is 2.74. The zero-order valence-corrected chi connectivity index (χ0v) is 8.38. The third kappa shape index (κ3) is 2.06. The molecule has 0 unspecified atom stereocenters. The minimum absolute atomic E-state index is 0.125. The van der Waals surface area contributed by atoms with E-state index in [-0.39, 0.29) is 5.54 Å². The second-order valence-electron chi connectivity index (χ2n) is 2.02. The van der Waals surface area contributed by atoms with Crippen molar-refractivity contribution in [3.8, 4) is 0 Å². The van der Waals surface area contributed by atoms with E-state index in [1.54, 1.807) is 13.8 Å². The smallest absolute Gasteiger partial charge is 0.424 e. The predicted molar refractivity (Wildman–Crippen MR) is 36.3 cm³/mol. The highest BCUT2D eigenvalue weighted by Gasteiger charge is 2.34. The third-order valence-electron chi connectivity index (χ3n) is 1.05. The van der Waals surface area contributed by atoms with Crippen LogP contribution in [-0.2, 0) is 4.12 Å². The van der Waals surface area contributed by atoms with Gasteiger partial charge in [0.25, 0.3) is 0 Å². The normalized spacial score (nSPS) is 13.1. The summed E-state index contributed by atoms with van der Waals surface area (Å²) in [5, 5.41) is 0. The van der Waals surface area contributed by atoms with Crippen molar-refractivity contribution in [3.63, 3.8) is 0 Å². The first-order chi connectivity index (χ1) is 3.50. The van der Waals surface area contributed by atoms with Gasteiger partial charge in [0.2, 0.25) is 0 Å². The van der Waals surface area contributed by atoms with Crippen LogP contribution in [0.2, 0.25) is 5.54 Å². The fourth-order valence-electron chi connectivity index (χ4n) is 0.236. The molecule has 0 aliphatic carbocycles. The molecule has 0 aromatic carbocycles. The van der Waals surface area contributed by atoms with E-state index in [4.69, 9.17) is 9.59 Å².